The monoisotopic (exact) mass is 196 g/mol. The number of rotatable bonds is 4. The summed E-state index contributed by atoms with van der Waals surface area (Å²) in [5.41, 5.74) is 0. The maximum Gasteiger partial charge on any atom is 0.136 e. The van der Waals surface area contributed by atoms with Gasteiger partial charge in [0.15, 0.2) is 0 Å². The van der Waals surface area contributed by atoms with E-state index in [1.165, 1.54) is 0 Å². The zero-order valence-corrected chi connectivity index (χ0v) is 9.21. The van der Waals surface area contributed by atoms with Crippen molar-refractivity contribution in [2.24, 2.45) is 11.8 Å². The largest absolute Gasteiger partial charge is 0.300 e. The highest BCUT2D eigenvalue weighted by Gasteiger charge is 2.27. The van der Waals surface area contributed by atoms with E-state index in [0.29, 0.717) is 31.0 Å². The Balaban J connectivity index is 2.41. The van der Waals surface area contributed by atoms with Crippen LogP contribution in [-0.2, 0) is 9.59 Å². The Morgan fingerprint density at radius 1 is 1.50 bits per heavy atom. The predicted molar refractivity (Wildman–Crippen MR) is 56.0 cm³/mol. The maximum absolute atomic E-state index is 11.5. The highest BCUT2D eigenvalue weighted by Crippen LogP contribution is 2.28. The van der Waals surface area contributed by atoms with Crippen LogP contribution in [0.4, 0.5) is 0 Å². The van der Waals surface area contributed by atoms with Crippen LogP contribution >= 0.6 is 0 Å². The molecular weight excluding hydrogens is 176 g/mol. The maximum atomic E-state index is 11.5. The summed E-state index contributed by atoms with van der Waals surface area (Å²) < 4.78 is 0. The number of ketones is 2. The van der Waals surface area contributed by atoms with Gasteiger partial charge in [-0.15, -0.1) is 0 Å². The molecule has 2 unspecified atom stereocenters. The summed E-state index contributed by atoms with van der Waals surface area (Å²) in [5.74, 6) is 1.23. The van der Waals surface area contributed by atoms with Gasteiger partial charge in [-0.05, 0) is 25.2 Å². The Morgan fingerprint density at radius 3 is 2.86 bits per heavy atom. The van der Waals surface area contributed by atoms with Gasteiger partial charge < -0.3 is 0 Å². The van der Waals surface area contributed by atoms with Gasteiger partial charge in [0.25, 0.3) is 0 Å². The van der Waals surface area contributed by atoms with Crippen LogP contribution in [0.1, 0.15) is 52.4 Å². The molecule has 2 heteroatoms. The predicted octanol–water partition coefficient (Wildman–Crippen LogP) is 2.75. The summed E-state index contributed by atoms with van der Waals surface area (Å²) in [6.07, 6.45) is 4.65. The van der Waals surface area contributed by atoms with E-state index in [1.54, 1.807) is 0 Å². The van der Waals surface area contributed by atoms with Crippen LogP contribution < -0.4 is 0 Å². The molecule has 0 aromatic heterocycles. The van der Waals surface area contributed by atoms with Crippen LogP contribution in [0.2, 0.25) is 0 Å². The second-order valence-electron chi connectivity index (χ2n) is 4.54. The third kappa shape index (κ3) is 3.24. The Hall–Kier alpha value is -0.660. The van der Waals surface area contributed by atoms with Crippen molar-refractivity contribution in [2.45, 2.75) is 52.4 Å². The topological polar surface area (TPSA) is 34.1 Å². The van der Waals surface area contributed by atoms with Crippen molar-refractivity contribution < 1.29 is 9.59 Å². The van der Waals surface area contributed by atoms with Crippen molar-refractivity contribution in [2.75, 3.05) is 0 Å². The molecule has 2 nitrogen and oxygen atoms in total. The molecule has 0 bridgehead atoms. The first-order valence-corrected chi connectivity index (χ1v) is 5.68. The number of carbonyl (C=O) groups excluding carboxylic acids is 2. The number of hydrogen-bond acceptors (Lipinski definition) is 2. The van der Waals surface area contributed by atoms with Crippen molar-refractivity contribution in [3.8, 4) is 0 Å². The van der Waals surface area contributed by atoms with E-state index in [-0.39, 0.29) is 11.7 Å². The summed E-state index contributed by atoms with van der Waals surface area (Å²) in [6, 6.07) is 0. The second-order valence-corrected chi connectivity index (χ2v) is 4.54. The Bertz CT molecular complexity index is 220. The minimum Gasteiger partial charge on any atom is -0.300 e. The number of hydrogen-bond donors (Lipinski definition) is 0. The van der Waals surface area contributed by atoms with E-state index in [1.807, 2.05) is 6.92 Å². The molecule has 0 aliphatic heterocycles. The lowest BCUT2D eigenvalue weighted by Gasteiger charge is -2.24. The van der Waals surface area contributed by atoms with Crippen LogP contribution in [0.25, 0.3) is 0 Å². The van der Waals surface area contributed by atoms with Crippen LogP contribution in [0, 0.1) is 11.8 Å². The zero-order chi connectivity index (χ0) is 10.6. The molecule has 0 saturated heterocycles. The summed E-state index contributed by atoms with van der Waals surface area (Å²) >= 11 is 0. The molecule has 0 spiro atoms. The average Bonchev–Trinajstić information content (AvgIpc) is 2.12. The quantitative estimate of drug-likeness (QED) is 0.692. The summed E-state index contributed by atoms with van der Waals surface area (Å²) in [6.45, 7) is 4.17. The Morgan fingerprint density at radius 2 is 2.21 bits per heavy atom. The van der Waals surface area contributed by atoms with Gasteiger partial charge in [-0.2, -0.15) is 0 Å². The lowest BCUT2D eigenvalue weighted by Crippen LogP contribution is -2.25. The van der Waals surface area contributed by atoms with Crippen molar-refractivity contribution in [3.05, 3.63) is 0 Å². The van der Waals surface area contributed by atoms with Crippen LogP contribution in [0.5, 0.6) is 0 Å². The van der Waals surface area contributed by atoms with E-state index < -0.39 is 0 Å². The molecule has 0 heterocycles. The first-order chi connectivity index (χ1) is 6.63. The van der Waals surface area contributed by atoms with Crippen molar-refractivity contribution in [1.29, 1.82) is 0 Å². The first-order valence-electron chi connectivity index (χ1n) is 5.68. The van der Waals surface area contributed by atoms with Gasteiger partial charge in [-0.1, -0.05) is 13.8 Å². The lowest BCUT2D eigenvalue weighted by molar-refractivity contribution is -0.130. The van der Waals surface area contributed by atoms with E-state index in [2.05, 4.69) is 6.92 Å². The van der Waals surface area contributed by atoms with Gasteiger partial charge in [0, 0.05) is 25.2 Å². The SMILES string of the molecule is CCCC(=O)CC1CC(C)CCC1=O. The van der Waals surface area contributed by atoms with Gasteiger partial charge in [-0.3, -0.25) is 9.59 Å². The normalized spacial score (nSPS) is 27.7. The fraction of sp³-hybridized carbons (Fsp3) is 0.833. The number of Topliss-reactive ketones (excluding diaryl/α,β-unsaturated/α-hetero) is 2. The highest BCUT2D eigenvalue weighted by atomic mass is 16.1. The highest BCUT2D eigenvalue weighted by molar-refractivity contribution is 5.88. The Labute approximate surface area is 86.1 Å². The van der Waals surface area contributed by atoms with E-state index in [9.17, 15) is 9.59 Å². The van der Waals surface area contributed by atoms with Gasteiger partial charge >= 0.3 is 0 Å². The first kappa shape index (κ1) is 11.4. The average molecular weight is 196 g/mol. The van der Waals surface area contributed by atoms with Crippen molar-refractivity contribution in [1.82, 2.24) is 0 Å². The third-order valence-corrected chi connectivity index (χ3v) is 3.03. The fourth-order valence-electron chi connectivity index (χ4n) is 2.18. The third-order valence-electron chi connectivity index (χ3n) is 3.03. The molecule has 1 aliphatic rings. The van der Waals surface area contributed by atoms with Crippen LogP contribution in [-0.4, -0.2) is 11.6 Å². The molecule has 14 heavy (non-hydrogen) atoms. The molecule has 0 N–H and O–H groups in total. The molecular formula is C12H20O2. The molecule has 0 aromatic rings. The molecule has 0 radical (unpaired) electrons. The van der Waals surface area contributed by atoms with Gasteiger partial charge in [-0.25, -0.2) is 0 Å². The minimum atomic E-state index is 0.0396. The second kappa shape index (κ2) is 5.28. The number of carbonyl (C=O) groups is 2. The molecule has 1 fully saturated rings. The van der Waals surface area contributed by atoms with Crippen molar-refractivity contribution >= 4 is 11.6 Å². The summed E-state index contributed by atoms with van der Waals surface area (Å²) in [5, 5.41) is 0. The fourth-order valence-corrected chi connectivity index (χ4v) is 2.18. The molecule has 2 atom stereocenters. The molecule has 1 saturated carbocycles. The molecule has 1 rings (SSSR count). The van der Waals surface area contributed by atoms with Gasteiger partial charge in [0.1, 0.15) is 11.6 Å². The Kier molecular flexibility index (Phi) is 4.30. The van der Waals surface area contributed by atoms with E-state index >= 15 is 0 Å². The van der Waals surface area contributed by atoms with E-state index in [0.717, 1.165) is 19.3 Å². The lowest BCUT2D eigenvalue weighted by atomic mass is 9.79. The zero-order valence-electron chi connectivity index (χ0n) is 9.21. The molecule has 1 aliphatic carbocycles. The van der Waals surface area contributed by atoms with Crippen LogP contribution in [0.3, 0.4) is 0 Å². The van der Waals surface area contributed by atoms with E-state index in [4.69, 9.17) is 0 Å². The van der Waals surface area contributed by atoms with Gasteiger partial charge in [0.2, 0.25) is 0 Å². The van der Waals surface area contributed by atoms with Gasteiger partial charge in [0.05, 0.1) is 0 Å². The van der Waals surface area contributed by atoms with Crippen molar-refractivity contribution in [3.63, 3.8) is 0 Å². The van der Waals surface area contributed by atoms with Crippen LogP contribution in [0.15, 0.2) is 0 Å². The smallest absolute Gasteiger partial charge is 0.136 e. The standard InChI is InChI=1S/C12H20O2/c1-3-4-11(13)8-10-7-9(2)5-6-12(10)14/h9-10H,3-8H2,1-2H3. The minimum absolute atomic E-state index is 0.0396. The summed E-state index contributed by atoms with van der Waals surface area (Å²) in [7, 11) is 0. The summed E-state index contributed by atoms with van der Waals surface area (Å²) in [4.78, 5) is 22.9. The molecule has 0 amide bonds. The molecule has 80 valence electrons. The molecule has 0 aromatic carbocycles.